The molecule has 0 aliphatic rings. The van der Waals surface area contributed by atoms with Crippen molar-refractivity contribution in [2.75, 3.05) is 18.4 Å². The summed E-state index contributed by atoms with van der Waals surface area (Å²) < 4.78 is 12.8. The van der Waals surface area contributed by atoms with Crippen molar-refractivity contribution >= 4 is 22.6 Å². The molecule has 1 aromatic heterocycles. The minimum absolute atomic E-state index is 0.125. The monoisotopic (exact) mass is 324 g/mol. The van der Waals surface area contributed by atoms with Crippen LogP contribution >= 0.6 is 0 Å². The number of benzene rings is 2. The second kappa shape index (κ2) is 7.50. The Morgan fingerprint density at radius 2 is 1.83 bits per heavy atom. The summed E-state index contributed by atoms with van der Waals surface area (Å²) in [5, 5.41) is 6.73. The van der Waals surface area contributed by atoms with Gasteiger partial charge < -0.3 is 10.6 Å². The average molecular weight is 324 g/mol. The lowest BCUT2D eigenvalue weighted by molar-refractivity contribution is -0.119. The molecule has 0 aliphatic heterocycles. The standard InChI is InChI=1S/C18H17FN4O/c19-14-7-5-13(6-8-14)9-10-20-17(24)11-21-18-15-3-1-2-4-16(15)22-12-23-18/h1-8,12H,9-11H2,(H,20,24)(H,21,22,23). The maximum atomic E-state index is 12.8. The number of rotatable bonds is 6. The highest BCUT2D eigenvalue weighted by Crippen LogP contribution is 2.17. The molecular formula is C18H17FN4O. The number of para-hydroxylation sites is 1. The van der Waals surface area contributed by atoms with Gasteiger partial charge in [0.2, 0.25) is 5.91 Å². The Bertz CT molecular complexity index is 831. The van der Waals surface area contributed by atoms with Crippen LogP contribution in [0.3, 0.4) is 0 Å². The highest BCUT2D eigenvalue weighted by atomic mass is 19.1. The van der Waals surface area contributed by atoms with Crippen LogP contribution < -0.4 is 10.6 Å². The van der Waals surface area contributed by atoms with Crippen molar-refractivity contribution < 1.29 is 9.18 Å². The molecule has 0 fully saturated rings. The van der Waals surface area contributed by atoms with Crippen LogP contribution in [-0.2, 0) is 11.2 Å². The summed E-state index contributed by atoms with van der Waals surface area (Å²) in [5.74, 6) is 0.248. The molecule has 6 heteroatoms. The lowest BCUT2D eigenvalue weighted by Gasteiger charge is -2.09. The first-order valence-corrected chi connectivity index (χ1v) is 7.67. The van der Waals surface area contributed by atoms with Crippen molar-refractivity contribution in [3.05, 3.63) is 66.2 Å². The van der Waals surface area contributed by atoms with E-state index < -0.39 is 0 Å². The Hall–Kier alpha value is -3.02. The van der Waals surface area contributed by atoms with Gasteiger partial charge in [-0.15, -0.1) is 0 Å². The topological polar surface area (TPSA) is 66.9 Å². The zero-order valence-electron chi connectivity index (χ0n) is 13.0. The number of hydrogen-bond donors (Lipinski definition) is 2. The molecule has 2 N–H and O–H groups in total. The van der Waals surface area contributed by atoms with E-state index in [-0.39, 0.29) is 18.3 Å². The number of hydrogen-bond acceptors (Lipinski definition) is 4. The summed E-state index contributed by atoms with van der Waals surface area (Å²) in [5.41, 5.74) is 1.80. The van der Waals surface area contributed by atoms with E-state index in [4.69, 9.17) is 0 Å². The third-order valence-electron chi connectivity index (χ3n) is 3.61. The van der Waals surface area contributed by atoms with E-state index in [1.807, 2.05) is 24.3 Å². The van der Waals surface area contributed by atoms with Crippen LogP contribution in [0.5, 0.6) is 0 Å². The van der Waals surface area contributed by atoms with Gasteiger partial charge in [0.05, 0.1) is 12.1 Å². The number of nitrogens with zero attached hydrogens (tertiary/aromatic N) is 2. The summed E-state index contributed by atoms with van der Waals surface area (Å²) in [6, 6.07) is 13.9. The van der Waals surface area contributed by atoms with E-state index in [0.717, 1.165) is 16.5 Å². The lowest BCUT2D eigenvalue weighted by Crippen LogP contribution is -2.31. The molecule has 2 aromatic carbocycles. The van der Waals surface area contributed by atoms with Crippen LogP contribution in [0.15, 0.2) is 54.9 Å². The molecule has 0 spiro atoms. The molecule has 24 heavy (non-hydrogen) atoms. The number of fused-ring (bicyclic) bond motifs is 1. The van der Waals surface area contributed by atoms with Crippen molar-refractivity contribution in [1.82, 2.24) is 15.3 Å². The van der Waals surface area contributed by atoms with Gasteiger partial charge >= 0.3 is 0 Å². The molecule has 0 saturated carbocycles. The van der Waals surface area contributed by atoms with E-state index in [0.29, 0.717) is 18.8 Å². The number of carbonyl (C=O) groups is 1. The largest absolute Gasteiger partial charge is 0.360 e. The predicted molar refractivity (Wildman–Crippen MR) is 91.1 cm³/mol. The van der Waals surface area contributed by atoms with E-state index in [1.165, 1.54) is 18.5 Å². The molecule has 122 valence electrons. The van der Waals surface area contributed by atoms with Crippen molar-refractivity contribution in [1.29, 1.82) is 0 Å². The van der Waals surface area contributed by atoms with Crippen LogP contribution in [0.2, 0.25) is 0 Å². The molecule has 0 unspecified atom stereocenters. The maximum absolute atomic E-state index is 12.8. The fourth-order valence-corrected chi connectivity index (χ4v) is 2.37. The Morgan fingerprint density at radius 1 is 1.04 bits per heavy atom. The first kappa shape index (κ1) is 15.9. The predicted octanol–water partition coefficient (Wildman–Crippen LogP) is 2.54. The highest BCUT2D eigenvalue weighted by Gasteiger charge is 2.05. The molecule has 1 heterocycles. The lowest BCUT2D eigenvalue weighted by atomic mass is 10.1. The number of halogens is 1. The second-order valence-electron chi connectivity index (χ2n) is 5.32. The first-order valence-electron chi connectivity index (χ1n) is 7.67. The molecule has 0 aliphatic carbocycles. The van der Waals surface area contributed by atoms with Gasteiger partial charge in [-0.2, -0.15) is 0 Å². The van der Waals surface area contributed by atoms with E-state index in [9.17, 15) is 9.18 Å². The van der Waals surface area contributed by atoms with Crippen LogP contribution in [0.4, 0.5) is 10.2 Å². The number of amides is 1. The van der Waals surface area contributed by atoms with Crippen LogP contribution in [-0.4, -0.2) is 29.0 Å². The third-order valence-corrected chi connectivity index (χ3v) is 3.61. The molecule has 5 nitrogen and oxygen atoms in total. The number of nitrogens with one attached hydrogen (secondary N) is 2. The summed E-state index contributed by atoms with van der Waals surface area (Å²) in [6.45, 7) is 0.626. The van der Waals surface area contributed by atoms with Gasteiger partial charge in [0.15, 0.2) is 0 Å². The molecule has 1 amide bonds. The van der Waals surface area contributed by atoms with Crippen molar-refractivity contribution in [2.45, 2.75) is 6.42 Å². The smallest absolute Gasteiger partial charge is 0.239 e. The molecule has 3 aromatic rings. The van der Waals surface area contributed by atoms with Crippen LogP contribution in [0.1, 0.15) is 5.56 Å². The number of aromatic nitrogens is 2. The minimum Gasteiger partial charge on any atom is -0.360 e. The Labute approximate surface area is 138 Å². The average Bonchev–Trinajstić information content (AvgIpc) is 2.61. The molecular weight excluding hydrogens is 307 g/mol. The summed E-state index contributed by atoms with van der Waals surface area (Å²) >= 11 is 0. The summed E-state index contributed by atoms with van der Waals surface area (Å²) in [7, 11) is 0. The molecule has 0 saturated heterocycles. The Morgan fingerprint density at radius 3 is 2.67 bits per heavy atom. The summed E-state index contributed by atoms with van der Waals surface area (Å²) in [6.07, 6.45) is 2.12. The van der Waals surface area contributed by atoms with Gasteiger partial charge in [-0.25, -0.2) is 14.4 Å². The number of carbonyl (C=O) groups excluding carboxylic acids is 1. The fraction of sp³-hybridized carbons (Fsp3) is 0.167. The third kappa shape index (κ3) is 4.04. The highest BCUT2D eigenvalue weighted by molar-refractivity contribution is 5.90. The normalized spacial score (nSPS) is 10.5. The van der Waals surface area contributed by atoms with Crippen LogP contribution in [0, 0.1) is 5.82 Å². The van der Waals surface area contributed by atoms with E-state index >= 15 is 0 Å². The zero-order valence-corrected chi connectivity index (χ0v) is 13.0. The quantitative estimate of drug-likeness (QED) is 0.731. The fourth-order valence-electron chi connectivity index (χ4n) is 2.37. The number of anilines is 1. The maximum Gasteiger partial charge on any atom is 0.239 e. The molecule has 0 radical (unpaired) electrons. The Balaban J connectivity index is 1.49. The van der Waals surface area contributed by atoms with E-state index in [1.54, 1.807) is 12.1 Å². The molecule has 3 rings (SSSR count). The van der Waals surface area contributed by atoms with Gasteiger partial charge in [0, 0.05) is 11.9 Å². The van der Waals surface area contributed by atoms with Gasteiger partial charge in [-0.05, 0) is 36.2 Å². The van der Waals surface area contributed by atoms with Crippen molar-refractivity contribution in [2.24, 2.45) is 0 Å². The molecule has 0 atom stereocenters. The zero-order chi connectivity index (χ0) is 16.8. The molecule has 0 bridgehead atoms. The Kier molecular flexibility index (Phi) is 4.96. The van der Waals surface area contributed by atoms with Gasteiger partial charge in [0.25, 0.3) is 0 Å². The van der Waals surface area contributed by atoms with Crippen molar-refractivity contribution in [3.63, 3.8) is 0 Å². The van der Waals surface area contributed by atoms with Crippen molar-refractivity contribution in [3.8, 4) is 0 Å². The van der Waals surface area contributed by atoms with Gasteiger partial charge in [-0.3, -0.25) is 4.79 Å². The van der Waals surface area contributed by atoms with Gasteiger partial charge in [0.1, 0.15) is 18.0 Å². The minimum atomic E-state index is -0.260. The SMILES string of the molecule is O=C(CNc1ncnc2ccccc12)NCCc1ccc(F)cc1. The van der Waals surface area contributed by atoms with Gasteiger partial charge in [-0.1, -0.05) is 24.3 Å². The van der Waals surface area contributed by atoms with E-state index in [2.05, 4.69) is 20.6 Å². The summed E-state index contributed by atoms with van der Waals surface area (Å²) in [4.78, 5) is 20.3. The first-order chi connectivity index (χ1) is 11.7. The second-order valence-corrected chi connectivity index (χ2v) is 5.32. The van der Waals surface area contributed by atoms with Crippen LogP contribution in [0.25, 0.3) is 10.9 Å².